The van der Waals surface area contributed by atoms with Crippen LogP contribution in [0.2, 0.25) is 0 Å². The fourth-order valence-corrected chi connectivity index (χ4v) is 7.70. The molecule has 2 N–H and O–H groups in total. The lowest BCUT2D eigenvalue weighted by molar-refractivity contribution is -0.138. The average Bonchev–Trinajstić information content (AvgIpc) is 2.92. The second kappa shape index (κ2) is 5.77. The Bertz CT molecular complexity index is 710. The summed E-state index contributed by atoms with van der Waals surface area (Å²) in [5.41, 5.74) is 6.76. The summed E-state index contributed by atoms with van der Waals surface area (Å²) in [5.74, 6) is 1.38. The third-order valence-electron chi connectivity index (χ3n) is 8.94. The minimum atomic E-state index is -0.378. The fraction of sp³-hybridized carbons (Fsp3) is 0.773. The molecule has 7 atom stereocenters. The summed E-state index contributed by atoms with van der Waals surface area (Å²) in [6, 6.07) is 0. The van der Waals surface area contributed by atoms with Crippen molar-refractivity contribution in [3.05, 3.63) is 11.6 Å². The van der Waals surface area contributed by atoms with Crippen molar-refractivity contribution in [1.29, 1.82) is 0 Å². The van der Waals surface area contributed by atoms with E-state index in [1.54, 1.807) is 6.92 Å². The highest BCUT2D eigenvalue weighted by atomic mass is 16.1. The van der Waals surface area contributed by atoms with E-state index in [-0.39, 0.29) is 40.8 Å². The molecule has 0 aliphatic heterocycles. The molecule has 0 bridgehead atoms. The van der Waals surface area contributed by atoms with Crippen LogP contribution in [0.5, 0.6) is 0 Å². The predicted octanol–water partition coefficient (Wildman–Crippen LogP) is 3.43. The first-order chi connectivity index (χ1) is 12.2. The van der Waals surface area contributed by atoms with Crippen molar-refractivity contribution in [2.45, 2.75) is 65.7 Å². The normalized spacial score (nSPS) is 47.4. The molecule has 0 aromatic rings. The Morgan fingerprint density at radius 1 is 1.08 bits per heavy atom. The van der Waals surface area contributed by atoms with Crippen molar-refractivity contribution in [2.75, 3.05) is 0 Å². The maximum absolute atomic E-state index is 12.3. The van der Waals surface area contributed by atoms with Gasteiger partial charge in [0.2, 0.25) is 5.91 Å². The summed E-state index contributed by atoms with van der Waals surface area (Å²) in [7, 11) is 0. The number of fused-ring (bicyclic) bond motifs is 5. The highest BCUT2D eigenvalue weighted by molar-refractivity contribution is 5.96. The number of primary amides is 1. The van der Waals surface area contributed by atoms with Gasteiger partial charge in [0.1, 0.15) is 5.78 Å². The Morgan fingerprint density at radius 3 is 2.46 bits per heavy atom. The topological polar surface area (TPSA) is 77.2 Å². The number of carbonyl (C=O) groups excluding carboxylic acids is 3. The third-order valence-corrected chi connectivity index (χ3v) is 8.94. The quantitative estimate of drug-likeness (QED) is 0.822. The highest BCUT2D eigenvalue weighted by Gasteiger charge is 2.62. The van der Waals surface area contributed by atoms with E-state index in [9.17, 15) is 14.4 Å². The Hall–Kier alpha value is -1.45. The zero-order valence-electron chi connectivity index (χ0n) is 16.2. The molecule has 4 heteroatoms. The lowest BCUT2D eigenvalue weighted by Crippen LogP contribution is -2.56. The first-order valence-electron chi connectivity index (χ1n) is 10.2. The Kier molecular flexibility index (Phi) is 3.98. The number of rotatable bonds is 2. The van der Waals surface area contributed by atoms with E-state index >= 15 is 0 Å². The van der Waals surface area contributed by atoms with Crippen molar-refractivity contribution >= 4 is 17.5 Å². The molecule has 0 aromatic heterocycles. The molecule has 0 heterocycles. The maximum Gasteiger partial charge on any atom is 0.221 e. The van der Waals surface area contributed by atoms with Crippen LogP contribution in [0.15, 0.2) is 11.6 Å². The molecular weight excluding hydrogens is 326 g/mol. The molecule has 4 aliphatic carbocycles. The van der Waals surface area contributed by atoms with Crippen LogP contribution in [0.3, 0.4) is 0 Å². The molecule has 4 rings (SSSR count). The van der Waals surface area contributed by atoms with E-state index in [4.69, 9.17) is 5.73 Å². The van der Waals surface area contributed by atoms with Gasteiger partial charge in [0, 0.05) is 17.8 Å². The smallest absolute Gasteiger partial charge is 0.221 e. The summed E-state index contributed by atoms with van der Waals surface area (Å²) < 4.78 is 0. The largest absolute Gasteiger partial charge is 0.369 e. The van der Waals surface area contributed by atoms with Gasteiger partial charge in [0.25, 0.3) is 0 Å². The van der Waals surface area contributed by atoms with Gasteiger partial charge >= 0.3 is 0 Å². The van der Waals surface area contributed by atoms with Crippen molar-refractivity contribution in [2.24, 2.45) is 46.2 Å². The number of allylic oxidation sites excluding steroid dienone is 1. The molecule has 0 saturated heterocycles. The van der Waals surface area contributed by atoms with Crippen LogP contribution in [0.25, 0.3) is 0 Å². The average molecular weight is 357 g/mol. The monoisotopic (exact) mass is 357 g/mol. The summed E-state index contributed by atoms with van der Waals surface area (Å²) >= 11 is 0. The second-order valence-electron chi connectivity index (χ2n) is 9.78. The Labute approximate surface area is 156 Å². The molecule has 3 saturated carbocycles. The van der Waals surface area contributed by atoms with E-state index in [1.165, 1.54) is 0 Å². The second-order valence-corrected chi connectivity index (χ2v) is 9.78. The van der Waals surface area contributed by atoms with E-state index < -0.39 is 0 Å². The minimum Gasteiger partial charge on any atom is -0.369 e. The van der Waals surface area contributed by atoms with Gasteiger partial charge in [0.05, 0.1) is 5.92 Å². The standard InChI is InChI=1S/C22H31NO3/c1-12(24)16-6-7-17-15-5-4-13-10-14(25)11-19(20(23)26)22(13,3)18(15)8-9-21(16,17)2/h10,15-19H,4-9,11H2,1-3H3,(H2,23,26)/t15-,16+,17-,18-,19?,21+,22+/m0/s1. The van der Waals surface area contributed by atoms with Crippen LogP contribution in [0.1, 0.15) is 65.7 Å². The van der Waals surface area contributed by atoms with Gasteiger partial charge in [-0.25, -0.2) is 0 Å². The molecule has 4 nitrogen and oxygen atoms in total. The van der Waals surface area contributed by atoms with Gasteiger partial charge in [-0.3, -0.25) is 14.4 Å². The van der Waals surface area contributed by atoms with E-state index in [0.717, 1.165) is 44.1 Å². The number of carbonyl (C=O) groups is 3. The lowest BCUT2D eigenvalue weighted by Gasteiger charge is -2.59. The lowest BCUT2D eigenvalue weighted by atomic mass is 9.44. The van der Waals surface area contributed by atoms with E-state index in [2.05, 4.69) is 13.8 Å². The van der Waals surface area contributed by atoms with Gasteiger partial charge in [-0.1, -0.05) is 19.4 Å². The first kappa shape index (κ1) is 17.9. The number of nitrogens with two attached hydrogens (primary N) is 1. The van der Waals surface area contributed by atoms with Gasteiger partial charge in [-0.15, -0.1) is 0 Å². The van der Waals surface area contributed by atoms with Crippen LogP contribution < -0.4 is 5.73 Å². The van der Waals surface area contributed by atoms with Crippen molar-refractivity contribution in [3.63, 3.8) is 0 Å². The van der Waals surface area contributed by atoms with Gasteiger partial charge < -0.3 is 5.73 Å². The molecule has 1 unspecified atom stereocenters. The van der Waals surface area contributed by atoms with E-state index in [1.807, 2.05) is 6.08 Å². The first-order valence-corrected chi connectivity index (χ1v) is 10.2. The maximum atomic E-state index is 12.3. The van der Waals surface area contributed by atoms with Crippen molar-refractivity contribution in [3.8, 4) is 0 Å². The number of Topliss-reactive ketones (excluding diaryl/α,β-unsaturated/α-hetero) is 1. The predicted molar refractivity (Wildman–Crippen MR) is 98.9 cm³/mol. The summed E-state index contributed by atoms with van der Waals surface area (Å²) in [6.45, 7) is 6.28. The van der Waals surface area contributed by atoms with Crippen molar-refractivity contribution < 1.29 is 14.4 Å². The van der Waals surface area contributed by atoms with Gasteiger partial charge in [0.15, 0.2) is 5.78 Å². The van der Waals surface area contributed by atoms with Crippen molar-refractivity contribution in [1.82, 2.24) is 0 Å². The van der Waals surface area contributed by atoms with Gasteiger partial charge in [-0.05, 0) is 74.7 Å². The number of hydrogen-bond acceptors (Lipinski definition) is 3. The minimum absolute atomic E-state index is 0.0536. The fourth-order valence-electron chi connectivity index (χ4n) is 7.70. The molecule has 3 fully saturated rings. The van der Waals surface area contributed by atoms with Crippen LogP contribution in [0, 0.1) is 40.4 Å². The molecule has 0 spiro atoms. The molecule has 26 heavy (non-hydrogen) atoms. The SMILES string of the molecule is CC(=O)[C@H]1CC[C@H]2[C@@H]3CCC4=CC(=O)CC(C(N)=O)[C@@]4(C)[C@H]3CC[C@]12C. The molecular formula is C22H31NO3. The van der Waals surface area contributed by atoms with Crippen LogP contribution >= 0.6 is 0 Å². The number of ketones is 2. The molecule has 142 valence electrons. The Balaban J connectivity index is 1.73. The molecule has 1 amide bonds. The summed E-state index contributed by atoms with van der Waals surface area (Å²) in [4.78, 5) is 36.7. The van der Waals surface area contributed by atoms with E-state index in [0.29, 0.717) is 23.5 Å². The van der Waals surface area contributed by atoms with Gasteiger partial charge in [-0.2, -0.15) is 0 Å². The molecule has 4 aliphatic rings. The zero-order chi connectivity index (χ0) is 18.9. The number of amides is 1. The molecule has 0 radical (unpaired) electrons. The molecule has 0 aromatic carbocycles. The van der Waals surface area contributed by atoms with Crippen LogP contribution in [-0.4, -0.2) is 17.5 Å². The zero-order valence-corrected chi connectivity index (χ0v) is 16.2. The third kappa shape index (κ3) is 2.23. The highest BCUT2D eigenvalue weighted by Crippen LogP contribution is 2.67. The summed E-state index contributed by atoms with van der Waals surface area (Å²) in [6.07, 6.45) is 8.26. The number of hydrogen-bond donors (Lipinski definition) is 1. The van der Waals surface area contributed by atoms with Crippen LogP contribution in [-0.2, 0) is 14.4 Å². The van der Waals surface area contributed by atoms with Crippen LogP contribution in [0.4, 0.5) is 0 Å². The Morgan fingerprint density at radius 2 is 1.81 bits per heavy atom. The summed E-state index contributed by atoms with van der Waals surface area (Å²) in [5, 5.41) is 0.